The lowest BCUT2D eigenvalue weighted by Crippen LogP contribution is -2.47. The highest BCUT2D eigenvalue weighted by Gasteiger charge is 2.56. The number of rotatable bonds is 3. The van der Waals surface area contributed by atoms with Crippen LogP contribution in [0.2, 0.25) is 0 Å². The van der Waals surface area contributed by atoms with Gasteiger partial charge in [0.2, 0.25) is 0 Å². The van der Waals surface area contributed by atoms with Gasteiger partial charge in [0.1, 0.15) is 5.78 Å². The number of Topliss-reactive ketones (excluding diaryl/α,β-unsaturated/α-hetero) is 1. The van der Waals surface area contributed by atoms with Gasteiger partial charge in [-0.3, -0.25) is 4.79 Å². The summed E-state index contributed by atoms with van der Waals surface area (Å²) >= 11 is 0. The topological polar surface area (TPSA) is 26.3 Å². The average molecular weight is 331 g/mol. The van der Waals surface area contributed by atoms with Gasteiger partial charge >= 0.3 is 0 Å². The fourth-order valence-electron chi connectivity index (χ4n) is 7.40. The van der Waals surface area contributed by atoms with Crippen molar-refractivity contribution in [1.29, 1.82) is 0 Å². The number of methoxy groups -OCH3 is 1. The summed E-state index contributed by atoms with van der Waals surface area (Å²) < 4.78 is 5.41. The minimum atomic E-state index is 0.297. The average Bonchev–Trinajstić information content (AvgIpc) is 2.92. The van der Waals surface area contributed by atoms with Gasteiger partial charge in [-0.25, -0.2) is 0 Å². The highest BCUT2D eigenvalue weighted by Crippen LogP contribution is 2.63. The maximum atomic E-state index is 12.2. The number of carbonyl (C=O) groups excluding carboxylic acids is 1. The van der Waals surface area contributed by atoms with Crippen molar-refractivity contribution in [3.63, 3.8) is 0 Å². The molecule has 7 atom stereocenters. The van der Waals surface area contributed by atoms with Gasteiger partial charge < -0.3 is 4.74 Å². The first-order chi connectivity index (χ1) is 11.5. The normalized spacial score (nSPS) is 47.4. The SMILES string of the molecule is COCC1CCC2C(=CCC3C2CCC2(C)C(C(C)=O)CCC32)C1. The standard InChI is InChI=1S/C22H34O2/c1-14(23)20-8-9-21-19-7-5-16-12-15(13-24-3)4-6-17(16)18(19)10-11-22(20,21)2/h5,15,17-21H,4,6-13H2,1-3H3. The third kappa shape index (κ3) is 2.52. The summed E-state index contributed by atoms with van der Waals surface area (Å²) in [6.45, 7) is 5.21. The van der Waals surface area contributed by atoms with Gasteiger partial charge in [0, 0.05) is 19.6 Å². The van der Waals surface area contributed by atoms with Crippen LogP contribution in [0.5, 0.6) is 0 Å². The van der Waals surface area contributed by atoms with Crippen molar-refractivity contribution in [2.75, 3.05) is 13.7 Å². The number of carbonyl (C=O) groups is 1. The number of ketones is 1. The smallest absolute Gasteiger partial charge is 0.133 e. The van der Waals surface area contributed by atoms with E-state index in [0.717, 1.165) is 42.6 Å². The summed E-state index contributed by atoms with van der Waals surface area (Å²) in [5.74, 6) is 4.92. The Morgan fingerprint density at radius 1 is 1.21 bits per heavy atom. The van der Waals surface area contributed by atoms with E-state index in [0.29, 0.717) is 17.1 Å². The van der Waals surface area contributed by atoms with Gasteiger partial charge in [-0.2, -0.15) is 0 Å². The lowest BCUT2D eigenvalue weighted by molar-refractivity contribution is -0.126. The highest BCUT2D eigenvalue weighted by molar-refractivity contribution is 5.79. The number of fused-ring (bicyclic) bond motifs is 5. The van der Waals surface area contributed by atoms with Gasteiger partial charge in [0.15, 0.2) is 0 Å². The van der Waals surface area contributed by atoms with Crippen molar-refractivity contribution in [1.82, 2.24) is 0 Å². The Morgan fingerprint density at radius 2 is 2.04 bits per heavy atom. The van der Waals surface area contributed by atoms with E-state index in [1.165, 1.54) is 44.9 Å². The van der Waals surface area contributed by atoms with Crippen LogP contribution in [-0.2, 0) is 9.53 Å². The maximum Gasteiger partial charge on any atom is 0.133 e. The quantitative estimate of drug-likeness (QED) is 0.679. The van der Waals surface area contributed by atoms with Crippen LogP contribution >= 0.6 is 0 Å². The van der Waals surface area contributed by atoms with Crippen LogP contribution in [0.15, 0.2) is 11.6 Å². The lowest BCUT2D eigenvalue weighted by atomic mass is 9.51. The Morgan fingerprint density at radius 3 is 2.79 bits per heavy atom. The van der Waals surface area contributed by atoms with E-state index in [1.807, 2.05) is 14.0 Å². The summed E-state index contributed by atoms with van der Waals surface area (Å²) in [4.78, 5) is 12.2. The summed E-state index contributed by atoms with van der Waals surface area (Å²) in [6, 6.07) is 0. The molecule has 0 aromatic heterocycles. The number of hydrogen-bond acceptors (Lipinski definition) is 2. The first-order valence-electron chi connectivity index (χ1n) is 10.2. The van der Waals surface area contributed by atoms with Crippen LogP contribution < -0.4 is 0 Å². The molecule has 2 heteroatoms. The summed E-state index contributed by atoms with van der Waals surface area (Å²) in [5, 5.41) is 0. The predicted octanol–water partition coefficient (Wildman–Crippen LogP) is 5.03. The van der Waals surface area contributed by atoms with E-state index in [2.05, 4.69) is 13.0 Å². The molecule has 24 heavy (non-hydrogen) atoms. The van der Waals surface area contributed by atoms with E-state index in [1.54, 1.807) is 5.57 Å². The molecule has 4 aliphatic rings. The monoisotopic (exact) mass is 330 g/mol. The molecule has 0 aromatic carbocycles. The van der Waals surface area contributed by atoms with Crippen LogP contribution in [0, 0.1) is 40.9 Å². The molecule has 0 spiro atoms. The van der Waals surface area contributed by atoms with Crippen LogP contribution in [0.3, 0.4) is 0 Å². The molecule has 7 unspecified atom stereocenters. The van der Waals surface area contributed by atoms with Crippen molar-refractivity contribution >= 4 is 5.78 Å². The maximum absolute atomic E-state index is 12.2. The van der Waals surface area contributed by atoms with Gasteiger partial charge in [0.05, 0.1) is 0 Å². The molecule has 0 N–H and O–H groups in total. The molecule has 0 aromatic rings. The largest absolute Gasteiger partial charge is 0.384 e. The molecule has 3 saturated carbocycles. The van der Waals surface area contributed by atoms with Gasteiger partial charge in [-0.05, 0) is 93.3 Å². The Bertz CT molecular complexity index is 536. The molecule has 4 aliphatic carbocycles. The zero-order valence-corrected chi connectivity index (χ0v) is 15.7. The number of ether oxygens (including phenoxy) is 1. The predicted molar refractivity (Wildman–Crippen MR) is 96.6 cm³/mol. The summed E-state index contributed by atoms with van der Waals surface area (Å²) in [7, 11) is 1.84. The van der Waals surface area contributed by atoms with Crippen LogP contribution in [0.25, 0.3) is 0 Å². The fraction of sp³-hybridized carbons (Fsp3) is 0.864. The van der Waals surface area contributed by atoms with Gasteiger partial charge in [-0.1, -0.05) is 18.6 Å². The zero-order valence-electron chi connectivity index (χ0n) is 15.7. The third-order valence-electron chi connectivity index (χ3n) is 8.44. The zero-order chi connectivity index (χ0) is 16.9. The first kappa shape index (κ1) is 16.8. The van der Waals surface area contributed by atoms with Gasteiger partial charge in [-0.15, -0.1) is 0 Å². The van der Waals surface area contributed by atoms with Crippen molar-refractivity contribution in [3.05, 3.63) is 11.6 Å². The van der Waals surface area contributed by atoms with Crippen LogP contribution in [0.4, 0.5) is 0 Å². The van der Waals surface area contributed by atoms with Crippen molar-refractivity contribution in [2.24, 2.45) is 40.9 Å². The van der Waals surface area contributed by atoms with Crippen molar-refractivity contribution in [2.45, 2.75) is 65.2 Å². The van der Waals surface area contributed by atoms with Gasteiger partial charge in [0.25, 0.3) is 0 Å². The fourth-order valence-corrected chi connectivity index (χ4v) is 7.40. The molecular formula is C22H34O2. The molecule has 0 saturated heterocycles. The second-order valence-corrected chi connectivity index (χ2v) is 9.44. The van der Waals surface area contributed by atoms with Crippen molar-refractivity contribution < 1.29 is 9.53 Å². The third-order valence-corrected chi connectivity index (χ3v) is 8.44. The number of allylic oxidation sites excluding steroid dienone is 2. The number of hydrogen-bond donors (Lipinski definition) is 0. The van der Waals surface area contributed by atoms with E-state index in [9.17, 15) is 4.79 Å². The van der Waals surface area contributed by atoms with Crippen molar-refractivity contribution in [3.8, 4) is 0 Å². The lowest BCUT2D eigenvalue weighted by Gasteiger charge is -2.53. The highest BCUT2D eigenvalue weighted by atomic mass is 16.5. The molecule has 0 bridgehead atoms. The molecule has 0 aliphatic heterocycles. The van der Waals surface area contributed by atoms with E-state index in [-0.39, 0.29) is 0 Å². The summed E-state index contributed by atoms with van der Waals surface area (Å²) in [6.07, 6.45) is 13.0. The van der Waals surface area contributed by atoms with Crippen LogP contribution in [-0.4, -0.2) is 19.5 Å². The van der Waals surface area contributed by atoms with E-state index >= 15 is 0 Å². The molecule has 0 amide bonds. The molecule has 134 valence electrons. The minimum Gasteiger partial charge on any atom is -0.384 e. The van der Waals surface area contributed by atoms with E-state index < -0.39 is 0 Å². The Kier molecular flexibility index (Phi) is 4.39. The summed E-state index contributed by atoms with van der Waals surface area (Å²) in [5.41, 5.74) is 2.06. The van der Waals surface area contributed by atoms with E-state index in [4.69, 9.17) is 4.74 Å². The molecule has 3 fully saturated rings. The molecule has 0 heterocycles. The Labute approximate surface area is 147 Å². The molecule has 0 radical (unpaired) electrons. The second kappa shape index (κ2) is 6.27. The molecular weight excluding hydrogens is 296 g/mol. The Hall–Kier alpha value is -0.630. The first-order valence-corrected chi connectivity index (χ1v) is 10.2. The van der Waals surface area contributed by atoms with Crippen LogP contribution in [0.1, 0.15) is 65.2 Å². The second-order valence-electron chi connectivity index (χ2n) is 9.44. The molecule has 4 rings (SSSR count). The molecule has 2 nitrogen and oxygen atoms in total. The Balaban J connectivity index is 1.54. The minimum absolute atomic E-state index is 0.297.